The third-order valence-corrected chi connectivity index (χ3v) is 5.72. The van der Waals surface area contributed by atoms with Crippen LogP contribution in [0.3, 0.4) is 0 Å². The van der Waals surface area contributed by atoms with Gasteiger partial charge in [0.15, 0.2) is 0 Å². The second-order valence-corrected chi connectivity index (χ2v) is 8.43. The Labute approximate surface area is 174 Å². The third kappa shape index (κ3) is 3.99. The molecule has 1 aliphatic rings. The highest BCUT2D eigenvalue weighted by Gasteiger charge is 3.00. The molecule has 0 aliphatic heterocycles. The topological polar surface area (TPSA) is 0 Å². The van der Waals surface area contributed by atoms with E-state index in [1.807, 2.05) is 6.92 Å². The maximum Gasteiger partial charge on any atom is 0.384 e. The highest BCUT2D eigenvalue weighted by Crippen LogP contribution is 2.69. The zero-order valence-electron chi connectivity index (χ0n) is 15.3. The molecule has 0 amide bonds. The van der Waals surface area contributed by atoms with Crippen LogP contribution in [0.5, 0.6) is 0 Å². The molecule has 172 valence electrons. The van der Waals surface area contributed by atoms with Crippen molar-refractivity contribution < 1.29 is 48.3 Å². The summed E-state index contributed by atoms with van der Waals surface area (Å²) in [7, 11) is 0. The third-order valence-electron chi connectivity index (χ3n) is 4.87. The molecule has 0 N–H and O–H groups in total. The average Bonchev–Trinajstić information content (AvgIpc) is 2.59. The quantitative estimate of drug-likeness (QED) is 0.151. The maximum absolute atomic E-state index is 14.6. The lowest BCUT2D eigenvalue weighted by molar-refractivity contribution is -0.476. The van der Waals surface area contributed by atoms with E-state index < -0.39 is 44.9 Å². The summed E-state index contributed by atoms with van der Waals surface area (Å²) in [6.07, 6.45) is 3.94. The summed E-state index contributed by atoms with van der Waals surface area (Å²) in [5.41, 5.74) is -6.01. The number of allylic oxidation sites excluding steroid dienone is 2. The van der Waals surface area contributed by atoms with Gasteiger partial charge in [-0.25, -0.2) is 4.39 Å². The summed E-state index contributed by atoms with van der Waals surface area (Å²) < 4.78 is 149. The van der Waals surface area contributed by atoms with Crippen molar-refractivity contribution >= 4 is 22.6 Å². The minimum atomic E-state index is -7.17. The first-order valence-electron chi connectivity index (χ1n) is 8.91. The molecule has 0 heterocycles. The molecule has 1 saturated carbocycles. The van der Waals surface area contributed by atoms with Crippen molar-refractivity contribution in [1.82, 2.24) is 0 Å². The van der Waals surface area contributed by atoms with Crippen molar-refractivity contribution in [3.8, 4) is 0 Å². The van der Waals surface area contributed by atoms with E-state index in [4.69, 9.17) is 0 Å². The smallest absolute Gasteiger partial charge is 0.225 e. The molecule has 0 nitrogen and oxygen atoms in total. The maximum atomic E-state index is 14.6. The van der Waals surface area contributed by atoms with Gasteiger partial charge < -0.3 is 0 Å². The minimum Gasteiger partial charge on any atom is -0.225 e. The van der Waals surface area contributed by atoms with Crippen LogP contribution in [0.1, 0.15) is 58.3 Å². The fraction of sp³-hybridized carbons (Fsp3) is 0.882. The molecule has 0 aromatic rings. The van der Waals surface area contributed by atoms with Gasteiger partial charge in [-0.1, -0.05) is 45.4 Å². The molecule has 0 aromatic heterocycles. The van der Waals surface area contributed by atoms with E-state index >= 15 is 0 Å². The largest absolute Gasteiger partial charge is 0.384 e. The minimum absolute atomic E-state index is 0.164. The first-order chi connectivity index (χ1) is 13.0. The molecule has 0 atom stereocenters. The highest BCUT2D eigenvalue weighted by molar-refractivity contribution is 14.1. The van der Waals surface area contributed by atoms with Crippen LogP contribution < -0.4 is 0 Å². The molecule has 1 rings (SSSR count). The van der Waals surface area contributed by atoms with Crippen molar-refractivity contribution in [2.75, 3.05) is 0 Å². The Hall–Kier alpha value is -0.300. The lowest BCUT2D eigenvalue weighted by Gasteiger charge is -2.51. The Bertz CT molecular complexity index is 568. The summed E-state index contributed by atoms with van der Waals surface area (Å²) in [5, 5.41) is 0. The summed E-state index contributed by atoms with van der Waals surface area (Å²) in [4.78, 5) is 0. The van der Waals surface area contributed by atoms with Gasteiger partial charge in [0.05, 0.1) is 0 Å². The number of hydrogen-bond acceptors (Lipinski definition) is 0. The number of rotatable bonds is 9. The van der Waals surface area contributed by atoms with Crippen LogP contribution in [0.25, 0.3) is 0 Å². The second-order valence-electron chi connectivity index (χ2n) is 7.05. The monoisotopic (exact) mass is 560 g/mol. The number of hydrogen-bond donors (Lipinski definition) is 0. The standard InChI is InChI=1S/C17H20F11I/c1-2-3-4-5-6-7-8-9-11(29)10-12(18)13(19,20)15(23,24)17(27,28)16(25,26)14(12,21)22/h10H,2-9H2,1H3. The molecule has 1 fully saturated rings. The van der Waals surface area contributed by atoms with Crippen LogP contribution in [-0.4, -0.2) is 35.3 Å². The fourth-order valence-corrected chi connectivity index (χ4v) is 3.78. The van der Waals surface area contributed by atoms with Crippen LogP contribution in [0.4, 0.5) is 48.3 Å². The summed E-state index contributed by atoms with van der Waals surface area (Å²) in [6.45, 7) is 1.99. The molecular weight excluding hydrogens is 540 g/mol. The predicted molar refractivity (Wildman–Crippen MR) is 93.3 cm³/mol. The molecule has 12 heteroatoms. The van der Waals surface area contributed by atoms with E-state index in [0.29, 0.717) is 12.8 Å². The second kappa shape index (κ2) is 8.68. The van der Waals surface area contributed by atoms with Gasteiger partial charge in [0, 0.05) is 0 Å². The van der Waals surface area contributed by atoms with E-state index in [-0.39, 0.29) is 12.8 Å². The molecule has 0 unspecified atom stereocenters. The lowest BCUT2D eigenvalue weighted by atomic mass is 9.72. The normalized spacial score (nSPS) is 26.3. The molecule has 1 aliphatic carbocycles. The van der Waals surface area contributed by atoms with Crippen LogP contribution in [0.2, 0.25) is 0 Å². The summed E-state index contributed by atoms with van der Waals surface area (Å²) >= 11 is 1.07. The van der Waals surface area contributed by atoms with E-state index in [2.05, 4.69) is 0 Å². The SMILES string of the molecule is CCCCCCCCCC(I)=CC1(F)C(F)(F)C(F)(F)C(F)(F)C(F)(F)C1(F)F. The van der Waals surface area contributed by atoms with Crippen molar-refractivity contribution in [2.45, 2.75) is 93.6 Å². The van der Waals surface area contributed by atoms with E-state index in [1.165, 1.54) is 0 Å². The summed E-state index contributed by atoms with van der Waals surface area (Å²) in [6, 6.07) is 0. The Balaban J connectivity index is 3.12. The Morgan fingerprint density at radius 2 is 0.931 bits per heavy atom. The molecule has 0 saturated heterocycles. The zero-order chi connectivity index (χ0) is 22.9. The first kappa shape index (κ1) is 26.7. The zero-order valence-corrected chi connectivity index (χ0v) is 17.4. The predicted octanol–water partition coefficient (Wildman–Crippen LogP) is 8.34. The molecule has 29 heavy (non-hydrogen) atoms. The van der Waals surface area contributed by atoms with Gasteiger partial charge >= 0.3 is 29.6 Å². The van der Waals surface area contributed by atoms with Gasteiger partial charge in [0.1, 0.15) is 0 Å². The number of alkyl halides is 11. The highest BCUT2D eigenvalue weighted by atomic mass is 127. The fourth-order valence-electron chi connectivity index (χ4n) is 2.97. The Kier molecular flexibility index (Phi) is 8.00. The van der Waals surface area contributed by atoms with Gasteiger partial charge in [-0.15, -0.1) is 0 Å². The van der Waals surface area contributed by atoms with E-state index in [0.717, 1.165) is 48.3 Å². The number of halogens is 12. The lowest BCUT2D eigenvalue weighted by Crippen LogP contribution is -2.83. The van der Waals surface area contributed by atoms with Crippen molar-refractivity contribution in [1.29, 1.82) is 0 Å². The molecule has 0 spiro atoms. The summed E-state index contributed by atoms with van der Waals surface area (Å²) in [5.74, 6) is -34.8. The van der Waals surface area contributed by atoms with Gasteiger partial charge in [-0.3, -0.25) is 0 Å². The molecular formula is C17H20F11I. The van der Waals surface area contributed by atoms with Crippen LogP contribution in [-0.2, 0) is 0 Å². The van der Waals surface area contributed by atoms with E-state index in [9.17, 15) is 48.3 Å². The molecule has 0 bridgehead atoms. The van der Waals surface area contributed by atoms with Gasteiger partial charge in [0.2, 0.25) is 0 Å². The average molecular weight is 560 g/mol. The van der Waals surface area contributed by atoms with Crippen LogP contribution in [0.15, 0.2) is 9.66 Å². The van der Waals surface area contributed by atoms with Crippen LogP contribution in [0, 0.1) is 0 Å². The molecule has 0 aromatic carbocycles. The van der Waals surface area contributed by atoms with Crippen molar-refractivity contribution in [3.63, 3.8) is 0 Å². The van der Waals surface area contributed by atoms with Crippen LogP contribution >= 0.6 is 22.6 Å². The Morgan fingerprint density at radius 3 is 1.34 bits per heavy atom. The van der Waals surface area contributed by atoms with Gasteiger partial charge in [0.25, 0.3) is 5.67 Å². The molecule has 0 radical (unpaired) electrons. The first-order valence-corrected chi connectivity index (χ1v) is 9.98. The van der Waals surface area contributed by atoms with Crippen molar-refractivity contribution in [3.05, 3.63) is 9.66 Å². The Morgan fingerprint density at radius 1 is 0.586 bits per heavy atom. The van der Waals surface area contributed by atoms with Gasteiger partial charge in [-0.05, 0) is 45.1 Å². The van der Waals surface area contributed by atoms with Crippen molar-refractivity contribution in [2.24, 2.45) is 0 Å². The van der Waals surface area contributed by atoms with E-state index in [1.54, 1.807) is 0 Å². The van der Waals surface area contributed by atoms with Gasteiger partial charge in [-0.2, -0.15) is 43.9 Å². The number of unbranched alkanes of at least 4 members (excludes halogenated alkanes) is 6.